The molecule has 0 saturated carbocycles. The van der Waals surface area contributed by atoms with E-state index in [4.69, 9.17) is 37.0 Å². The summed E-state index contributed by atoms with van der Waals surface area (Å²) in [5, 5.41) is 10.6. The van der Waals surface area contributed by atoms with Crippen molar-refractivity contribution in [2.24, 2.45) is 0 Å². The lowest BCUT2D eigenvalue weighted by molar-refractivity contribution is -0.161. The Morgan fingerprint density at radius 2 is 0.594 bits per heavy atom. The summed E-state index contributed by atoms with van der Waals surface area (Å²) < 4.78 is 68.2. The molecule has 0 amide bonds. The van der Waals surface area contributed by atoms with Gasteiger partial charge in [-0.3, -0.25) is 37.3 Å². The van der Waals surface area contributed by atoms with E-state index < -0.39 is 97.5 Å². The number of aliphatic hydroxyl groups excluding tert-OH is 1. The summed E-state index contributed by atoms with van der Waals surface area (Å²) in [4.78, 5) is 72.6. The van der Waals surface area contributed by atoms with E-state index in [0.29, 0.717) is 25.7 Å². The van der Waals surface area contributed by atoms with Crippen molar-refractivity contribution in [3.8, 4) is 0 Å². The summed E-state index contributed by atoms with van der Waals surface area (Å²) in [6, 6.07) is 0. The number of carbonyl (C=O) groups excluding carboxylic acids is 4. The molecular weight excluding hydrogens is 1260 g/mol. The maximum Gasteiger partial charge on any atom is 0.472 e. The molecule has 5 unspecified atom stereocenters. The first-order valence-corrected chi connectivity index (χ1v) is 40.1. The third-order valence-electron chi connectivity index (χ3n) is 15.3. The number of hydrogen-bond acceptors (Lipinski definition) is 15. The van der Waals surface area contributed by atoms with Crippen LogP contribution in [0.3, 0.4) is 0 Å². The summed E-state index contributed by atoms with van der Waals surface area (Å²) in [6.45, 7) is 4.48. The quantitative estimate of drug-likeness (QED) is 0.0169. The Labute approximate surface area is 581 Å². The molecule has 0 aromatic rings. The van der Waals surface area contributed by atoms with Gasteiger partial charge in [0.15, 0.2) is 12.2 Å². The van der Waals surface area contributed by atoms with E-state index in [1.54, 1.807) is 12.2 Å². The molecule has 0 heterocycles. The van der Waals surface area contributed by atoms with Gasteiger partial charge in [0.2, 0.25) is 0 Å². The number of phosphoric ester groups is 2. The number of aliphatic hydroxyl groups is 1. The lowest BCUT2D eigenvalue weighted by atomic mass is 10.0. The molecule has 0 aromatic carbocycles. The second-order valence-electron chi connectivity index (χ2n) is 24.5. The van der Waals surface area contributed by atoms with Crippen molar-refractivity contribution in [2.75, 3.05) is 39.6 Å². The van der Waals surface area contributed by atoms with Crippen molar-refractivity contribution in [1.82, 2.24) is 0 Å². The fourth-order valence-corrected chi connectivity index (χ4v) is 11.2. The summed E-state index contributed by atoms with van der Waals surface area (Å²) in [6.07, 6.45) is 72.7. The van der Waals surface area contributed by atoms with Crippen LogP contribution in [0, 0.1) is 0 Å². The molecule has 0 aliphatic rings. The van der Waals surface area contributed by atoms with E-state index in [-0.39, 0.29) is 25.7 Å². The van der Waals surface area contributed by atoms with E-state index in [2.05, 4.69) is 113 Å². The molecule has 0 spiro atoms. The fraction of sp³-hybridized carbons (Fsp3) is 0.714. The van der Waals surface area contributed by atoms with Crippen molar-refractivity contribution in [2.45, 2.75) is 316 Å². The summed E-state index contributed by atoms with van der Waals surface area (Å²) in [5.41, 5.74) is 0. The first-order chi connectivity index (χ1) is 46.7. The smallest absolute Gasteiger partial charge is 0.462 e. The molecule has 552 valence electrons. The number of unbranched alkanes of at least 4 members (excludes halogenated alkanes) is 26. The van der Waals surface area contributed by atoms with Crippen LogP contribution >= 0.6 is 15.6 Å². The van der Waals surface area contributed by atoms with Gasteiger partial charge >= 0.3 is 39.5 Å². The van der Waals surface area contributed by atoms with Crippen molar-refractivity contribution < 1.29 is 80.2 Å². The Kier molecular flexibility index (Phi) is 66.1. The Morgan fingerprint density at radius 1 is 0.312 bits per heavy atom. The molecule has 19 heteroatoms. The third kappa shape index (κ3) is 68.3. The first-order valence-electron chi connectivity index (χ1n) is 37.1. The lowest BCUT2D eigenvalue weighted by Gasteiger charge is -2.21. The average molecular weight is 1390 g/mol. The highest BCUT2D eigenvalue weighted by Crippen LogP contribution is 2.45. The molecule has 96 heavy (non-hydrogen) atoms. The second kappa shape index (κ2) is 69.2. The molecular formula is C77H132O17P2. The van der Waals surface area contributed by atoms with Gasteiger partial charge in [-0.25, -0.2) is 9.13 Å². The van der Waals surface area contributed by atoms with Crippen LogP contribution in [0.25, 0.3) is 0 Å². The van der Waals surface area contributed by atoms with Gasteiger partial charge in [0, 0.05) is 19.3 Å². The second-order valence-corrected chi connectivity index (χ2v) is 27.4. The maximum atomic E-state index is 13.0. The van der Waals surface area contributed by atoms with Gasteiger partial charge in [0.1, 0.15) is 19.3 Å². The average Bonchev–Trinajstić information content (AvgIpc) is 2.14. The van der Waals surface area contributed by atoms with Crippen molar-refractivity contribution in [3.63, 3.8) is 0 Å². The van der Waals surface area contributed by atoms with Crippen LogP contribution in [0.5, 0.6) is 0 Å². The molecule has 3 N–H and O–H groups in total. The molecule has 0 bridgehead atoms. The number of allylic oxidation sites excluding steroid dienone is 17. The van der Waals surface area contributed by atoms with E-state index in [1.807, 2.05) is 12.2 Å². The van der Waals surface area contributed by atoms with Crippen molar-refractivity contribution in [3.05, 3.63) is 109 Å². The predicted octanol–water partition coefficient (Wildman–Crippen LogP) is 21.0. The zero-order valence-electron chi connectivity index (χ0n) is 60.0. The van der Waals surface area contributed by atoms with E-state index in [9.17, 15) is 43.2 Å². The number of carbonyl (C=O) groups is 4. The highest BCUT2D eigenvalue weighted by Gasteiger charge is 2.30. The van der Waals surface area contributed by atoms with Crippen LogP contribution in [-0.2, 0) is 65.4 Å². The Balaban J connectivity index is 5.39. The third-order valence-corrected chi connectivity index (χ3v) is 17.2. The van der Waals surface area contributed by atoms with Gasteiger partial charge in [-0.1, -0.05) is 278 Å². The highest BCUT2D eigenvalue weighted by atomic mass is 31.2. The molecule has 5 atom stereocenters. The molecule has 17 nitrogen and oxygen atoms in total. The van der Waals surface area contributed by atoms with E-state index in [0.717, 1.165) is 148 Å². The number of ether oxygens (including phenoxy) is 4. The first kappa shape index (κ1) is 91.7. The van der Waals surface area contributed by atoms with Gasteiger partial charge in [-0.15, -0.1) is 0 Å². The SMILES string of the molecule is CC/C=C\C/C=C\C/C=C\C/C=C\C/C=C\CC(=O)OC(COC(=O)CCCCCCCCC/C=C\C/C=C\C/C=C\CC)COP(=O)(O)OCC(O)COP(=O)(O)OCC(COC(=O)CCCCCCCCCCCCCCC)OC(=O)CCCCCCC/C=C\CCCC. The molecule has 0 aliphatic heterocycles. The van der Waals surface area contributed by atoms with Crippen LogP contribution in [0.2, 0.25) is 0 Å². The number of esters is 4. The zero-order chi connectivity index (χ0) is 70.4. The normalized spacial score (nSPS) is 14.6. The summed E-state index contributed by atoms with van der Waals surface area (Å²) in [5.74, 6) is -2.34. The molecule has 0 aliphatic carbocycles. The predicted molar refractivity (Wildman–Crippen MR) is 390 cm³/mol. The minimum absolute atomic E-state index is 0.0834. The van der Waals surface area contributed by atoms with E-state index in [1.165, 1.54) is 70.6 Å². The van der Waals surface area contributed by atoms with Crippen LogP contribution in [0.1, 0.15) is 297 Å². The highest BCUT2D eigenvalue weighted by molar-refractivity contribution is 7.47. The van der Waals surface area contributed by atoms with Crippen LogP contribution in [0.4, 0.5) is 0 Å². The summed E-state index contributed by atoms with van der Waals surface area (Å²) in [7, 11) is -9.97. The lowest BCUT2D eigenvalue weighted by Crippen LogP contribution is -2.30. The zero-order valence-corrected chi connectivity index (χ0v) is 61.8. The summed E-state index contributed by atoms with van der Waals surface area (Å²) >= 11 is 0. The van der Waals surface area contributed by atoms with Gasteiger partial charge in [-0.05, 0) is 103 Å². The van der Waals surface area contributed by atoms with Gasteiger partial charge in [-0.2, -0.15) is 0 Å². The topological polar surface area (TPSA) is 237 Å². The van der Waals surface area contributed by atoms with Crippen molar-refractivity contribution >= 4 is 39.5 Å². The van der Waals surface area contributed by atoms with Crippen LogP contribution < -0.4 is 0 Å². The van der Waals surface area contributed by atoms with Gasteiger partial charge in [0.05, 0.1) is 32.8 Å². The largest absolute Gasteiger partial charge is 0.472 e. The maximum absolute atomic E-state index is 13.0. The molecule has 0 rings (SSSR count). The molecule has 0 aromatic heterocycles. The van der Waals surface area contributed by atoms with Gasteiger partial charge in [0.25, 0.3) is 0 Å². The molecule has 0 fully saturated rings. The minimum Gasteiger partial charge on any atom is -0.462 e. The number of phosphoric acid groups is 2. The van der Waals surface area contributed by atoms with Gasteiger partial charge < -0.3 is 33.8 Å². The fourth-order valence-electron chi connectivity index (χ4n) is 9.64. The Hall–Kier alpha value is -4.28. The Morgan fingerprint density at radius 3 is 0.969 bits per heavy atom. The van der Waals surface area contributed by atoms with Crippen LogP contribution in [0.15, 0.2) is 109 Å². The standard InChI is InChI=1S/C77H132O17P2/c1-5-9-13-17-21-25-29-32-34-35-37-39-43-46-50-54-58-62-75(80)88-68-73(94-77(82)64-60-56-52-48-44-40-36-33-30-26-22-18-14-10-6-2)70-92-96(85,86)90-66-71(78)65-89-95(83,84)91-69-72(93-76(81)63-59-55-51-47-41-28-24-20-16-12-8-4)67-87-74(79)61-57-53-49-45-42-38-31-27-23-19-15-11-7-3/h9-10,13-14,20-22,24-26,32-34,36,44,48,56,60,71-73,78H,5-8,11-12,15-19,23,27-31,35,37-43,45-47,49-55,57-59,61-70H2,1-4H3,(H,83,84)(H,85,86)/b13-9-,14-10-,24-20-,25-21-,26-22-,34-32-,36-33-,48-44-,60-56-. The minimum atomic E-state index is -5.00. The number of hydrogen-bond donors (Lipinski definition) is 3. The van der Waals surface area contributed by atoms with E-state index >= 15 is 0 Å². The number of rotatable bonds is 69. The monoisotopic (exact) mass is 1390 g/mol. The van der Waals surface area contributed by atoms with Crippen LogP contribution in [-0.4, -0.2) is 96.7 Å². The Bertz CT molecular complexity index is 2250. The molecule has 0 radical (unpaired) electrons. The molecule has 0 saturated heterocycles. The van der Waals surface area contributed by atoms with Crippen molar-refractivity contribution in [1.29, 1.82) is 0 Å².